The number of rotatable bonds is 3. The zero-order valence-electron chi connectivity index (χ0n) is 7.09. The van der Waals surface area contributed by atoms with Gasteiger partial charge in [-0.2, -0.15) is 5.10 Å². The Hall–Kier alpha value is -0.990. The van der Waals surface area contributed by atoms with Crippen LogP contribution in [0, 0.1) is 0 Å². The lowest BCUT2D eigenvalue weighted by Crippen LogP contribution is -1.92. The maximum absolute atomic E-state index is 5.47. The van der Waals surface area contributed by atoms with Gasteiger partial charge in [0, 0.05) is 11.8 Å². The molecule has 0 spiro atoms. The number of aromatic amines is 1. The van der Waals surface area contributed by atoms with Gasteiger partial charge < -0.3 is 5.73 Å². The summed E-state index contributed by atoms with van der Waals surface area (Å²) in [6, 6.07) is 1.90. The largest absolute Gasteiger partial charge is 0.382 e. The molecular weight excluding hydrogens is 138 g/mol. The van der Waals surface area contributed by atoms with Gasteiger partial charge in [0.15, 0.2) is 0 Å². The Morgan fingerprint density at radius 2 is 2.45 bits per heavy atom. The van der Waals surface area contributed by atoms with Crippen LogP contribution in [0.2, 0.25) is 0 Å². The van der Waals surface area contributed by atoms with E-state index < -0.39 is 0 Å². The molecule has 0 aliphatic carbocycles. The number of aromatic nitrogens is 2. The Balaban J connectivity index is 2.60. The van der Waals surface area contributed by atoms with Crippen LogP contribution in [0.5, 0.6) is 0 Å². The summed E-state index contributed by atoms with van der Waals surface area (Å²) < 4.78 is 0. The fraction of sp³-hybridized carbons (Fsp3) is 0.625. The smallest absolute Gasteiger partial charge is 0.145 e. The van der Waals surface area contributed by atoms with Crippen LogP contribution in [0.15, 0.2) is 6.07 Å². The second-order valence-electron chi connectivity index (χ2n) is 2.94. The van der Waals surface area contributed by atoms with Gasteiger partial charge in [-0.3, -0.25) is 5.10 Å². The van der Waals surface area contributed by atoms with Gasteiger partial charge in [0.05, 0.1) is 0 Å². The van der Waals surface area contributed by atoms with E-state index in [0.717, 1.165) is 5.69 Å². The molecule has 3 nitrogen and oxygen atoms in total. The molecule has 1 atom stereocenters. The minimum atomic E-state index is 0.546. The summed E-state index contributed by atoms with van der Waals surface area (Å²) in [6.07, 6.45) is 2.38. The third-order valence-electron chi connectivity index (χ3n) is 1.87. The van der Waals surface area contributed by atoms with E-state index in [1.165, 1.54) is 12.8 Å². The molecule has 1 aromatic heterocycles. The van der Waals surface area contributed by atoms with Crippen LogP contribution in [0.25, 0.3) is 0 Å². The molecule has 62 valence electrons. The molecule has 0 radical (unpaired) electrons. The second-order valence-corrected chi connectivity index (χ2v) is 2.94. The van der Waals surface area contributed by atoms with Crippen molar-refractivity contribution in [3.05, 3.63) is 11.8 Å². The first-order chi connectivity index (χ1) is 5.24. The summed E-state index contributed by atoms with van der Waals surface area (Å²) in [7, 11) is 0. The van der Waals surface area contributed by atoms with E-state index in [-0.39, 0.29) is 0 Å². The monoisotopic (exact) mass is 153 g/mol. The Bertz CT molecular complexity index is 217. The van der Waals surface area contributed by atoms with E-state index in [4.69, 9.17) is 5.73 Å². The van der Waals surface area contributed by atoms with Crippen molar-refractivity contribution < 1.29 is 0 Å². The van der Waals surface area contributed by atoms with Crippen LogP contribution in [0.1, 0.15) is 38.3 Å². The Morgan fingerprint density at radius 1 is 1.73 bits per heavy atom. The predicted octanol–water partition coefficient (Wildman–Crippen LogP) is 1.90. The molecule has 0 aliphatic heterocycles. The Labute approximate surface area is 67.0 Å². The SMILES string of the molecule is CCCC(C)c1cc(N)n[nH]1. The average molecular weight is 153 g/mol. The third kappa shape index (κ3) is 1.97. The van der Waals surface area contributed by atoms with Crippen molar-refractivity contribution in [2.45, 2.75) is 32.6 Å². The van der Waals surface area contributed by atoms with Crippen LogP contribution >= 0.6 is 0 Å². The zero-order valence-corrected chi connectivity index (χ0v) is 7.09. The molecule has 0 bridgehead atoms. The summed E-state index contributed by atoms with van der Waals surface area (Å²) in [5.74, 6) is 1.13. The van der Waals surface area contributed by atoms with Gasteiger partial charge in [0.25, 0.3) is 0 Å². The van der Waals surface area contributed by atoms with Crippen LogP contribution < -0.4 is 5.73 Å². The quantitative estimate of drug-likeness (QED) is 0.696. The number of H-pyrrole nitrogens is 1. The lowest BCUT2D eigenvalue weighted by molar-refractivity contribution is 0.645. The Morgan fingerprint density at radius 3 is 2.91 bits per heavy atom. The summed E-state index contributed by atoms with van der Waals surface area (Å²) in [4.78, 5) is 0. The van der Waals surface area contributed by atoms with Crippen molar-refractivity contribution in [3.63, 3.8) is 0 Å². The Kier molecular flexibility index (Phi) is 2.52. The maximum Gasteiger partial charge on any atom is 0.145 e. The van der Waals surface area contributed by atoms with E-state index in [1.807, 2.05) is 6.07 Å². The molecule has 1 heterocycles. The van der Waals surface area contributed by atoms with E-state index >= 15 is 0 Å². The number of nitrogens with zero attached hydrogens (tertiary/aromatic N) is 1. The normalized spacial score (nSPS) is 13.3. The number of nitrogens with one attached hydrogen (secondary N) is 1. The molecule has 1 aromatic rings. The maximum atomic E-state index is 5.47. The first-order valence-corrected chi connectivity index (χ1v) is 4.04. The summed E-state index contributed by atoms with van der Waals surface area (Å²) in [5.41, 5.74) is 6.61. The van der Waals surface area contributed by atoms with Crippen LogP contribution in [-0.2, 0) is 0 Å². The fourth-order valence-electron chi connectivity index (χ4n) is 1.19. The topological polar surface area (TPSA) is 54.7 Å². The molecule has 0 amide bonds. The van der Waals surface area contributed by atoms with E-state index in [9.17, 15) is 0 Å². The minimum absolute atomic E-state index is 0.546. The zero-order chi connectivity index (χ0) is 8.27. The lowest BCUT2D eigenvalue weighted by Gasteiger charge is -2.04. The highest BCUT2D eigenvalue weighted by molar-refractivity contribution is 5.29. The number of nitrogens with two attached hydrogens (primary N) is 1. The first-order valence-electron chi connectivity index (χ1n) is 4.04. The van der Waals surface area contributed by atoms with Gasteiger partial charge in [-0.05, 0) is 12.3 Å². The van der Waals surface area contributed by atoms with Gasteiger partial charge in [-0.15, -0.1) is 0 Å². The number of nitrogen functional groups attached to an aromatic ring is 1. The van der Waals surface area contributed by atoms with Crippen molar-refractivity contribution in [1.82, 2.24) is 10.2 Å². The summed E-state index contributed by atoms with van der Waals surface area (Å²) in [5, 5.41) is 6.79. The molecule has 1 unspecified atom stereocenters. The van der Waals surface area contributed by atoms with Crippen LogP contribution in [0.3, 0.4) is 0 Å². The van der Waals surface area contributed by atoms with E-state index in [1.54, 1.807) is 0 Å². The molecule has 0 aromatic carbocycles. The molecule has 0 saturated heterocycles. The van der Waals surface area contributed by atoms with Crippen LogP contribution in [-0.4, -0.2) is 10.2 Å². The number of anilines is 1. The molecule has 11 heavy (non-hydrogen) atoms. The van der Waals surface area contributed by atoms with Crippen molar-refractivity contribution >= 4 is 5.82 Å². The highest BCUT2D eigenvalue weighted by Crippen LogP contribution is 2.18. The van der Waals surface area contributed by atoms with Crippen molar-refractivity contribution in [1.29, 1.82) is 0 Å². The molecule has 1 rings (SSSR count). The summed E-state index contributed by atoms with van der Waals surface area (Å²) >= 11 is 0. The average Bonchev–Trinajstić information content (AvgIpc) is 2.36. The second kappa shape index (κ2) is 3.42. The van der Waals surface area contributed by atoms with Crippen molar-refractivity contribution in [3.8, 4) is 0 Å². The fourth-order valence-corrected chi connectivity index (χ4v) is 1.19. The van der Waals surface area contributed by atoms with Gasteiger partial charge >= 0.3 is 0 Å². The van der Waals surface area contributed by atoms with E-state index in [2.05, 4.69) is 24.0 Å². The highest BCUT2D eigenvalue weighted by Gasteiger charge is 2.05. The lowest BCUT2D eigenvalue weighted by atomic mass is 10.0. The van der Waals surface area contributed by atoms with Crippen molar-refractivity contribution in [2.24, 2.45) is 0 Å². The number of hydrogen-bond donors (Lipinski definition) is 2. The highest BCUT2D eigenvalue weighted by atomic mass is 15.2. The standard InChI is InChI=1S/C8H15N3/c1-3-4-6(2)7-5-8(9)11-10-7/h5-6H,3-4H2,1-2H3,(H3,9,10,11). The third-order valence-corrected chi connectivity index (χ3v) is 1.87. The molecule has 0 fully saturated rings. The van der Waals surface area contributed by atoms with Crippen molar-refractivity contribution in [2.75, 3.05) is 5.73 Å². The molecule has 3 N–H and O–H groups in total. The first kappa shape index (κ1) is 8.11. The molecule has 3 heteroatoms. The molecular formula is C8H15N3. The molecule has 0 saturated carbocycles. The predicted molar refractivity (Wildman–Crippen MR) is 46.3 cm³/mol. The van der Waals surface area contributed by atoms with Gasteiger partial charge in [-0.1, -0.05) is 20.3 Å². The van der Waals surface area contributed by atoms with E-state index in [0.29, 0.717) is 11.7 Å². The molecule has 0 aliphatic rings. The van der Waals surface area contributed by atoms with Gasteiger partial charge in [0.2, 0.25) is 0 Å². The van der Waals surface area contributed by atoms with Crippen LogP contribution in [0.4, 0.5) is 5.82 Å². The summed E-state index contributed by atoms with van der Waals surface area (Å²) in [6.45, 7) is 4.35. The van der Waals surface area contributed by atoms with Gasteiger partial charge in [-0.25, -0.2) is 0 Å². The number of hydrogen-bond acceptors (Lipinski definition) is 2. The minimum Gasteiger partial charge on any atom is -0.382 e. The van der Waals surface area contributed by atoms with Gasteiger partial charge in [0.1, 0.15) is 5.82 Å².